The number of aliphatic carboxylic acids is 1. The maximum absolute atomic E-state index is 13.6. The largest absolute Gasteiger partial charge is 0.490 e. The number of hydrogen-bond acceptors (Lipinski definition) is 6. The van der Waals surface area contributed by atoms with Crippen molar-refractivity contribution in [2.75, 3.05) is 44.8 Å². The zero-order valence-electron chi connectivity index (χ0n) is 30.6. The normalized spacial score (nSPS) is 29.7. The molecule has 0 saturated heterocycles. The van der Waals surface area contributed by atoms with Gasteiger partial charge in [-0.2, -0.15) is 0 Å². The molecule has 8 nitrogen and oxygen atoms in total. The molecule has 2 N–H and O–H groups in total. The molecule has 2 aromatic rings. The Bertz CT molecular complexity index is 1640. The molecule has 1 amide bonds. The number of nitrogens with zero attached hydrogens (tertiary/aromatic N) is 2. The van der Waals surface area contributed by atoms with Gasteiger partial charge in [-0.1, -0.05) is 56.7 Å². The lowest BCUT2D eigenvalue weighted by Crippen LogP contribution is -2.52. The Morgan fingerprint density at radius 3 is 2.62 bits per heavy atom. The number of carbonyl (C=O) groups excluding carboxylic acids is 1. The van der Waals surface area contributed by atoms with Crippen LogP contribution >= 0.6 is 11.6 Å². The summed E-state index contributed by atoms with van der Waals surface area (Å²) in [6, 6.07) is 11.7. The maximum Gasteiger partial charge on any atom is 0.317 e. The Morgan fingerprint density at radius 2 is 1.94 bits per heavy atom. The Kier molecular flexibility index (Phi) is 10.3. The summed E-state index contributed by atoms with van der Waals surface area (Å²) in [6.45, 7) is 13.2. The molecule has 2 heterocycles. The molecule has 2 aliphatic carbocycles. The lowest BCUT2D eigenvalue weighted by Gasteiger charge is -2.48. The van der Waals surface area contributed by atoms with Crippen LogP contribution < -0.4 is 9.64 Å². The molecule has 272 valence electrons. The van der Waals surface area contributed by atoms with E-state index in [-0.39, 0.29) is 28.9 Å². The number of ether oxygens (including phenoxy) is 1. The second-order valence-electron chi connectivity index (χ2n) is 16.9. The molecule has 1 spiro atoms. The average molecular weight is 723 g/mol. The van der Waals surface area contributed by atoms with Gasteiger partial charge in [-0.25, -0.2) is 0 Å². The minimum atomic E-state index is -2.11. The van der Waals surface area contributed by atoms with Crippen LogP contribution in [0.15, 0.2) is 48.6 Å². The van der Waals surface area contributed by atoms with Crippen molar-refractivity contribution >= 4 is 37.5 Å². The highest BCUT2D eigenvalue weighted by atomic mass is 35.5. The third-order valence-electron chi connectivity index (χ3n) is 12.7. The smallest absolute Gasteiger partial charge is 0.317 e. The number of anilines is 1. The number of halogens is 1. The number of fused-ring (bicyclic) bond motifs is 4. The minimum absolute atomic E-state index is 0.0295. The summed E-state index contributed by atoms with van der Waals surface area (Å²) in [6.07, 6.45) is 9.73. The topological polar surface area (TPSA) is 99.5 Å². The van der Waals surface area contributed by atoms with Gasteiger partial charge in [0.25, 0.3) is 0 Å². The zero-order valence-corrected chi connectivity index (χ0v) is 32.4. The molecule has 1 fully saturated rings. The van der Waals surface area contributed by atoms with E-state index in [1.807, 2.05) is 18.2 Å². The van der Waals surface area contributed by atoms with Gasteiger partial charge in [0, 0.05) is 43.5 Å². The summed E-state index contributed by atoms with van der Waals surface area (Å²) in [5.41, 5.74) is 1.67. The third-order valence-corrected chi connectivity index (χ3v) is 17.4. The van der Waals surface area contributed by atoms with Crippen molar-refractivity contribution < 1.29 is 29.0 Å². The first kappa shape index (κ1) is 36.9. The molecule has 2 unspecified atom stereocenters. The highest BCUT2D eigenvalue weighted by Gasteiger charge is 2.48. The molecule has 4 aliphatic rings. The van der Waals surface area contributed by atoms with Gasteiger partial charge in [-0.15, -0.1) is 0 Å². The van der Waals surface area contributed by atoms with Crippen LogP contribution in [-0.2, 0) is 31.3 Å². The Morgan fingerprint density at radius 1 is 1.16 bits per heavy atom. The van der Waals surface area contributed by atoms with Crippen LogP contribution in [0.4, 0.5) is 5.69 Å². The number of amides is 1. The summed E-state index contributed by atoms with van der Waals surface area (Å²) in [7, 11) is -0.401. The molecule has 2 aromatic carbocycles. The summed E-state index contributed by atoms with van der Waals surface area (Å²) in [5, 5.41) is 22.2. The van der Waals surface area contributed by atoms with E-state index in [1.165, 1.54) is 11.1 Å². The van der Waals surface area contributed by atoms with Gasteiger partial charge in [0.05, 0.1) is 25.0 Å². The quantitative estimate of drug-likeness (QED) is 0.252. The summed E-state index contributed by atoms with van der Waals surface area (Å²) < 4.78 is 13.9. The third kappa shape index (κ3) is 6.87. The van der Waals surface area contributed by atoms with Crippen molar-refractivity contribution in [1.82, 2.24) is 4.90 Å². The standard InChI is InChI=1S/C40H55ClN2O6Si/c1-38(2,3)50(5,6)49-34-11-7-8-19-42(4)36(45)22-40(25-44,37(46)47)29-13-17-35-33(21-29)43(23-28-12-15-31(28)34)24-39(26-48-35)18-9-10-27-20-30(41)14-16-32(27)39/h7,11,13-14,16-17,20-21,28,31,34,44H,8-10,12,15,18-19,22-26H2,1-6H3,(H,46,47)/b11-7+/t28-,31+,34?,39-,40?/m0/s1. The molecule has 5 atom stereocenters. The van der Waals surface area contributed by atoms with Crippen LogP contribution in [0, 0.1) is 11.8 Å². The monoisotopic (exact) mass is 722 g/mol. The first-order valence-electron chi connectivity index (χ1n) is 18.3. The summed E-state index contributed by atoms with van der Waals surface area (Å²) in [5.74, 6) is -0.170. The summed E-state index contributed by atoms with van der Waals surface area (Å²) in [4.78, 5) is 30.7. The Hall–Kier alpha value is -2.85. The SMILES string of the molecule is CN1CC/C=C/C(O[Si](C)(C)C(C)(C)C)[C@@H]2CC[C@H]2CN2C[C@@]3(CCCc4cc(Cl)ccc43)COc3ccc(cc32)C(CO)(C(=O)O)CC1=O. The van der Waals surface area contributed by atoms with Crippen molar-refractivity contribution in [1.29, 1.82) is 0 Å². The number of rotatable bonds is 4. The second-order valence-corrected chi connectivity index (χ2v) is 22.1. The number of aliphatic hydroxyl groups excluding tert-OH is 1. The van der Waals surface area contributed by atoms with E-state index >= 15 is 0 Å². The molecule has 0 radical (unpaired) electrons. The Balaban J connectivity index is 1.47. The predicted molar refractivity (Wildman–Crippen MR) is 201 cm³/mol. The van der Waals surface area contributed by atoms with Gasteiger partial charge >= 0.3 is 5.97 Å². The van der Waals surface area contributed by atoms with Gasteiger partial charge in [0.15, 0.2) is 8.32 Å². The van der Waals surface area contributed by atoms with Gasteiger partial charge in [0.1, 0.15) is 11.2 Å². The predicted octanol–water partition coefficient (Wildman–Crippen LogP) is 7.35. The molecule has 1 saturated carbocycles. The van der Waals surface area contributed by atoms with Crippen LogP contribution in [-0.4, -0.2) is 81.3 Å². The average Bonchev–Trinajstić information content (AvgIpc) is 3.19. The van der Waals surface area contributed by atoms with Gasteiger partial charge in [-0.3, -0.25) is 9.59 Å². The first-order valence-corrected chi connectivity index (χ1v) is 21.6. The number of carbonyl (C=O) groups is 2. The number of carboxylic acid groups (broad SMARTS) is 1. The van der Waals surface area contributed by atoms with E-state index < -0.39 is 26.3 Å². The van der Waals surface area contributed by atoms with Crippen molar-refractivity contribution in [3.8, 4) is 5.75 Å². The van der Waals surface area contributed by atoms with Crippen molar-refractivity contribution in [2.24, 2.45) is 11.8 Å². The Labute approximate surface area is 303 Å². The van der Waals surface area contributed by atoms with Crippen molar-refractivity contribution in [2.45, 2.75) is 101 Å². The van der Waals surface area contributed by atoms with E-state index in [0.717, 1.165) is 49.4 Å². The zero-order chi connectivity index (χ0) is 36.1. The first-order chi connectivity index (χ1) is 23.6. The molecular formula is C40H55ClN2O6Si. The lowest BCUT2D eigenvalue weighted by molar-refractivity contribution is -0.149. The van der Waals surface area contributed by atoms with Crippen molar-refractivity contribution in [3.05, 3.63) is 70.3 Å². The molecule has 2 aliphatic heterocycles. The number of hydrogen-bond donors (Lipinski definition) is 2. The fraction of sp³-hybridized carbons (Fsp3) is 0.600. The van der Waals surface area contributed by atoms with Crippen LogP contribution in [0.2, 0.25) is 23.2 Å². The van der Waals surface area contributed by atoms with E-state index in [2.05, 4.69) is 63.0 Å². The number of benzene rings is 2. The molecular weight excluding hydrogens is 668 g/mol. The van der Waals surface area contributed by atoms with E-state index in [0.29, 0.717) is 49.3 Å². The van der Waals surface area contributed by atoms with Crippen LogP contribution in [0.3, 0.4) is 0 Å². The fourth-order valence-corrected chi connectivity index (χ4v) is 9.75. The molecule has 2 bridgehead atoms. The van der Waals surface area contributed by atoms with Crippen LogP contribution in [0.25, 0.3) is 0 Å². The van der Waals surface area contributed by atoms with Gasteiger partial charge in [0.2, 0.25) is 5.91 Å². The van der Waals surface area contributed by atoms with E-state index in [4.69, 9.17) is 20.8 Å². The molecule has 0 aromatic heterocycles. The maximum atomic E-state index is 13.6. The second kappa shape index (κ2) is 13.9. The minimum Gasteiger partial charge on any atom is -0.490 e. The van der Waals surface area contributed by atoms with Crippen LogP contribution in [0.5, 0.6) is 5.75 Å². The number of aliphatic hydroxyl groups is 1. The van der Waals surface area contributed by atoms with E-state index in [1.54, 1.807) is 18.0 Å². The molecule has 50 heavy (non-hydrogen) atoms. The number of aryl methyl sites for hydroxylation is 1. The summed E-state index contributed by atoms with van der Waals surface area (Å²) >= 11 is 6.49. The molecule has 10 heteroatoms. The number of carboxylic acids is 1. The highest BCUT2D eigenvalue weighted by molar-refractivity contribution is 6.74. The molecule has 6 rings (SSSR count). The highest BCUT2D eigenvalue weighted by Crippen LogP contribution is 2.49. The van der Waals surface area contributed by atoms with Crippen molar-refractivity contribution in [3.63, 3.8) is 0 Å². The fourth-order valence-electron chi connectivity index (χ4n) is 8.27. The van der Waals surface area contributed by atoms with Gasteiger partial charge in [-0.05, 0) is 109 Å². The van der Waals surface area contributed by atoms with Gasteiger partial charge < -0.3 is 29.2 Å². The van der Waals surface area contributed by atoms with Crippen LogP contribution in [0.1, 0.15) is 76.0 Å². The lowest BCUT2D eigenvalue weighted by atomic mass is 9.68. The van der Waals surface area contributed by atoms with E-state index in [9.17, 15) is 19.8 Å².